The Labute approximate surface area is 144 Å². The van der Waals surface area contributed by atoms with Gasteiger partial charge in [-0.1, -0.05) is 29.8 Å². The summed E-state index contributed by atoms with van der Waals surface area (Å²) < 4.78 is 46.3. The molecule has 3 rings (SSSR count). The van der Waals surface area contributed by atoms with Crippen molar-refractivity contribution >= 4 is 11.0 Å². The molecular formula is C19H19F3N2O. The lowest BCUT2D eigenvalue weighted by atomic mass is 10.1. The molecule has 0 fully saturated rings. The number of nitrogens with zero attached hydrogens (tertiary/aromatic N) is 2. The molecule has 0 saturated carbocycles. The number of hydrogen-bond acceptors (Lipinski definition) is 2. The number of alkyl halides is 3. The average molecular weight is 348 g/mol. The number of imidazole rings is 1. The molecule has 0 aliphatic rings. The Bertz CT molecular complexity index is 867. The number of hydrogen-bond donors (Lipinski definition) is 0. The van der Waals surface area contributed by atoms with E-state index in [9.17, 15) is 13.2 Å². The van der Waals surface area contributed by atoms with Gasteiger partial charge >= 0.3 is 6.18 Å². The largest absolute Gasteiger partial charge is 0.416 e. The smallest absolute Gasteiger partial charge is 0.380 e. The van der Waals surface area contributed by atoms with Gasteiger partial charge in [0.05, 0.1) is 23.2 Å². The molecule has 0 spiro atoms. The molecule has 0 aliphatic carbocycles. The summed E-state index contributed by atoms with van der Waals surface area (Å²) in [5.41, 5.74) is 2.29. The van der Waals surface area contributed by atoms with Gasteiger partial charge in [0, 0.05) is 18.7 Å². The van der Waals surface area contributed by atoms with Crippen LogP contribution in [0.5, 0.6) is 0 Å². The fourth-order valence-electron chi connectivity index (χ4n) is 2.76. The summed E-state index contributed by atoms with van der Waals surface area (Å²) in [5, 5.41) is 0. The Kier molecular flexibility index (Phi) is 4.81. The Hall–Kier alpha value is -2.34. The minimum absolute atomic E-state index is 0.335. The third-order valence-electron chi connectivity index (χ3n) is 4.05. The van der Waals surface area contributed by atoms with Crippen LogP contribution in [0.1, 0.15) is 18.1 Å². The molecule has 0 unspecified atom stereocenters. The zero-order valence-corrected chi connectivity index (χ0v) is 14.1. The van der Waals surface area contributed by atoms with E-state index in [0.29, 0.717) is 36.6 Å². The maximum Gasteiger partial charge on any atom is 0.416 e. The molecule has 2 aromatic carbocycles. The topological polar surface area (TPSA) is 27.1 Å². The van der Waals surface area contributed by atoms with Crippen molar-refractivity contribution in [3.05, 3.63) is 53.6 Å². The van der Waals surface area contributed by atoms with Gasteiger partial charge in [-0.15, -0.1) is 0 Å². The maximum atomic E-state index is 13.0. The predicted molar refractivity (Wildman–Crippen MR) is 91.4 cm³/mol. The summed E-state index contributed by atoms with van der Waals surface area (Å²) in [4.78, 5) is 4.47. The Morgan fingerprint density at radius 2 is 1.80 bits per heavy atom. The average Bonchev–Trinajstić information content (AvgIpc) is 2.93. The number of aryl methyl sites for hydroxylation is 1. The highest BCUT2D eigenvalue weighted by Gasteiger charge is 2.31. The number of ether oxygens (including phenoxy) is 1. The molecule has 0 saturated heterocycles. The van der Waals surface area contributed by atoms with Gasteiger partial charge in [0.15, 0.2) is 0 Å². The molecule has 6 heteroatoms. The van der Waals surface area contributed by atoms with Crippen LogP contribution < -0.4 is 0 Å². The van der Waals surface area contributed by atoms with Gasteiger partial charge in [-0.2, -0.15) is 13.2 Å². The van der Waals surface area contributed by atoms with E-state index in [1.807, 2.05) is 42.7 Å². The normalized spacial score (nSPS) is 12.0. The molecule has 1 aromatic heterocycles. The second-order valence-electron chi connectivity index (χ2n) is 5.85. The monoisotopic (exact) mass is 348 g/mol. The fraction of sp³-hybridized carbons (Fsp3) is 0.316. The second-order valence-corrected chi connectivity index (χ2v) is 5.85. The summed E-state index contributed by atoms with van der Waals surface area (Å²) in [6.07, 6.45) is -4.38. The molecule has 132 valence electrons. The standard InChI is InChI=1S/C19H19F3N2O/c1-3-25-11-10-24-17-9-8-15(19(20,21)22)12-16(17)23-18(24)14-6-4-13(2)5-7-14/h4-9,12H,3,10-11H2,1-2H3. The van der Waals surface area contributed by atoms with Crippen molar-refractivity contribution in [1.29, 1.82) is 0 Å². The van der Waals surface area contributed by atoms with Gasteiger partial charge in [-0.3, -0.25) is 0 Å². The van der Waals surface area contributed by atoms with Crippen LogP contribution >= 0.6 is 0 Å². The zero-order valence-electron chi connectivity index (χ0n) is 14.1. The van der Waals surface area contributed by atoms with E-state index < -0.39 is 11.7 Å². The van der Waals surface area contributed by atoms with Crippen molar-refractivity contribution in [1.82, 2.24) is 9.55 Å². The van der Waals surface area contributed by atoms with Crippen LogP contribution in [0.4, 0.5) is 13.2 Å². The molecule has 3 nitrogen and oxygen atoms in total. The first kappa shape index (κ1) is 17.5. The van der Waals surface area contributed by atoms with Gasteiger partial charge in [0.1, 0.15) is 5.82 Å². The van der Waals surface area contributed by atoms with E-state index >= 15 is 0 Å². The van der Waals surface area contributed by atoms with E-state index in [1.54, 1.807) is 0 Å². The summed E-state index contributed by atoms with van der Waals surface area (Å²) >= 11 is 0. The molecule has 0 N–H and O–H groups in total. The fourth-order valence-corrected chi connectivity index (χ4v) is 2.76. The summed E-state index contributed by atoms with van der Waals surface area (Å²) in [7, 11) is 0. The highest BCUT2D eigenvalue weighted by molar-refractivity contribution is 5.81. The quantitative estimate of drug-likeness (QED) is 0.602. The zero-order chi connectivity index (χ0) is 18.0. The number of benzene rings is 2. The van der Waals surface area contributed by atoms with E-state index in [0.717, 1.165) is 23.3 Å². The highest BCUT2D eigenvalue weighted by atomic mass is 19.4. The summed E-state index contributed by atoms with van der Waals surface area (Å²) in [6.45, 7) is 5.48. The minimum Gasteiger partial charge on any atom is -0.380 e. The van der Waals surface area contributed by atoms with Crippen LogP contribution in [-0.2, 0) is 17.5 Å². The molecule has 0 radical (unpaired) electrons. The van der Waals surface area contributed by atoms with Crippen molar-refractivity contribution < 1.29 is 17.9 Å². The van der Waals surface area contributed by atoms with Gasteiger partial charge in [-0.25, -0.2) is 4.98 Å². The lowest BCUT2D eigenvalue weighted by molar-refractivity contribution is -0.137. The van der Waals surface area contributed by atoms with E-state index in [1.165, 1.54) is 6.07 Å². The van der Waals surface area contributed by atoms with E-state index in [2.05, 4.69) is 4.98 Å². The first-order chi connectivity index (χ1) is 11.9. The SMILES string of the molecule is CCOCCn1c(-c2ccc(C)cc2)nc2cc(C(F)(F)F)ccc21. The number of fused-ring (bicyclic) bond motifs is 1. The Morgan fingerprint density at radius 1 is 1.08 bits per heavy atom. The molecular weight excluding hydrogens is 329 g/mol. The van der Waals surface area contributed by atoms with E-state index in [-0.39, 0.29) is 0 Å². The van der Waals surface area contributed by atoms with E-state index in [4.69, 9.17) is 4.74 Å². The van der Waals surface area contributed by atoms with Gasteiger partial charge in [0.2, 0.25) is 0 Å². The predicted octanol–water partition coefficient (Wildman–Crippen LogP) is 5.07. The molecule has 0 amide bonds. The van der Waals surface area contributed by atoms with Crippen LogP contribution in [0.2, 0.25) is 0 Å². The lowest BCUT2D eigenvalue weighted by Crippen LogP contribution is -2.08. The van der Waals surface area contributed by atoms with Crippen LogP contribution in [0.15, 0.2) is 42.5 Å². The maximum absolute atomic E-state index is 13.0. The van der Waals surface area contributed by atoms with Gasteiger partial charge < -0.3 is 9.30 Å². The molecule has 1 heterocycles. The molecule has 0 atom stereocenters. The third-order valence-corrected chi connectivity index (χ3v) is 4.05. The number of halogens is 3. The van der Waals surface area contributed by atoms with Crippen LogP contribution in [0.3, 0.4) is 0 Å². The van der Waals surface area contributed by atoms with Gasteiger partial charge in [0.25, 0.3) is 0 Å². The van der Waals surface area contributed by atoms with Crippen molar-refractivity contribution in [2.24, 2.45) is 0 Å². The van der Waals surface area contributed by atoms with Crippen LogP contribution in [-0.4, -0.2) is 22.8 Å². The van der Waals surface area contributed by atoms with Crippen molar-refractivity contribution in [2.45, 2.75) is 26.6 Å². The summed E-state index contributed by atoms with van der Waals surface area (Å²) in [6, 6.07) is 11.5. The third kappa shape index (κ3) is 3.69. The van der Waals surface area contributed by atoms with Crippen molar-refractivity contribution in [3.63, 3.8) is 0 Å². The van der Waals surface area contributed by atoms with Crippen molar-refractivity contribution in [2.75, 3.05) is 13.2 Å². The Balaban J connectivity index is 2.12. The second kappa shape index (κ2) is 6.88. The van der Waals surface area contributed by atoms with Crippen molar-refractivity contribution in [3.8, 4) is 11.4 Å². The summed E-state index contributed by atoms with van der Waals surface area (Å²) in [5.74, 6) is 0.647. The number of rotatable bonds is 5. The van der Waals surface area contributed by atoms with Crippen LogP contribution in [0.25, 0.3) is 22.4 Å². The molecule has 3 aromatic rings. The minimum atomic E-state index is -4.38. The highest BCUT2D eigenvalue weighted by Crippen LogP contribution is 2.33. The number of aromatic nitrogens is 2. The van der Waals surface area contributed by atoms with Crippen LogP contribution in [0, 0.1) is 6.92 Å². The van der Waals surface area contributed by atoms with Gasteiger partial charge in [-0.05, 0) is 32.0 Å². The Morgan fingerprint density at radius 3 is 2.44 bits per heavy atom. The first-order valence-electron chi connectivity index (χ1n) is 8.12. The molecule has 0 aliphatic heterocycles. The lowest BCUT2D eigenvalue weighted by Gasteiger charge is -2.10. The first-order valence-corrected chi connectivity index (χ1v) is 8.12. The molecule has 0 bridgehead atoms. The molecule has 25 heavy (non-hydrogen) atoms.